The van der Waals surface area contributed by atoms with Gasteiger partial charge in [-0.3, -0.25) is 0 Å². The van der Waals surface area contributed by atoms with Crippen LogP contribution in [-0.4, -0.2) is 110 Å². The van der Waals surface area contributed by atoms with E-state index in [0.29, 0.717) is 8.97 Å². The largest absolute Gasteiger partial charge is 2.00 e. The second-order valence-corrected chi connectivity index (χ2v) is 5.68. The van der Waals surface area contributed by atoms with Crippen LogP contribution in [-0.2, 0) is 9.59 Å². The number of carboxylic acid groups (broad SMARTS) is 2. The molecule has 0 bridgehead atoms. The van der Waals surface area contributed by atoms with Crippen molar-refractivity contribution in [3.63, 3.8) is 0 Å². The van der Waals surface area contributed by atoms with Crippen molar-refractivity contribution in [1.82, 2.24) is 0 Å². The molecule has 17 heavy (non-hydrogen) atoms. The molecule has 0 spiro atoms. The van der Waals surface area contributed by atoms with Crippen LogP contribution in [0.4, 0.5) is 0 Å². The molecule has 0 fully saturated rings. The summed E-state index contributed by atoms with van der Waals surface area (Å²) < 4.78 is 0.963. The van der Waals surface area contributed by atoms with Gasteiger partial charge in [-0.25, -0.2) is 9.59 Å². The smallest absolute Gasteiger partial charge is 0.477 e. The van der Waals surface area contributed by atoms with E-state index in [1.807, 2.05) is 42.3 Å². The van der Waals surface area contributed by atoms with Crippen LogP contribution < -0.4 is 0 Å². The summed E-state index contributed by atoms with van der Waals surface area (Å²) in [6.45, 7) is 0.361. The van der Waals surface area contributed by atoms with E-state index < -0.39 is 11.9 Å². The summed E-state index contributed by atoms with van der Waals surface area (Å²) in [5, 5.41) is 16.5. The fourth-order valence-electron chi connectivity index (χ4n) is 0.812. The van der Waals surface area contributed by atoms with Crippen molar-refractivity contribution >= 4 is 35.0 Å². The Kier molecular flexibility index (Phi) is 11.2. The second-order valence-electron chi connectivity index (χ2n) is 5.68. The first-order valence-electron chi connectivity index (χ1n) is 4.88. The van der Waals surface area contributed by atoms with Gasteiger partial charge in [0.05, 0.1) is 42.3 Å². The fourth-order valence-corrected chi connectivity index (χ4v) is 0.812. The van der Waals surface area contributed by atoms with Gasteiger partial charge in [-0.2, -0.15) is 0 Å². The Morgan fingerprint density at radius 2 is 0.941 bits per heavy atom. The van der Waals surface area contributed by atoms with E-state index in [4.69, 9.17) is 10.2 Å². The number of hydrogen-bond donors (Lipinski definition) is 2. The van der Waals surface area contributed by atoms with Gasteiger partial charge < -0.3 is 19.2 Å². The molecule has 0 unspecified atom stereocenters. The predicted octanol–water partition coefficient (Wildman–Crippen LogP) is -0.826. The van der Waals surface area contributed by atoms with Gasteiger partial charge in [-0.1, -0.05) is 0 Å². The molecule has 0 aliphatic carbocycles. The Morgan fingerprint density at radius 3 is 0.941 bits per heavy atom. The molecule has 0 atom stereocenters. The maximum absolute atomic E-state index is 10.00. The maximum atomic E-state index is 10.00. The summed E-state index contributed by atoms with van der Waals surface area (Å²) >= 11 is 0. The van der Waals surface area contributed by atoms with Gasteiger partial charge in [0.15, 0.2) is 13.1 Å². The number of quaternary nitrogens is 2. The minimum absolute atomic E-state index is 0. The SMILES string of the molecule is C[N+](C)(C)CC(=O)O.C[N+](C)(C)CC(=O)O.[Mg+2]. The summed E-state index contributed by atoms with van der Waals surface area (Å²) in [6, 6.07) is 0. The van der Waals surface area contributed by atoms with Crippen LogP contribution in [0.15, 0.2) is 0 Å². The van der Waals surface area contributed by atoms with Gasteiger partial charge in [0, 0.05) is 0 Å². The fraction of sp³-hybridized carbons (Fsp3) is 0.800. The van der Waals surface area contributed by atoms with Crippen LogP contribution >= 0.6 is 0 Å². The summed E-state index contributed by atoms with van der Waals surface area (Å²) in [5.41, 5.74) is 0. The molecule has 0 amide bonds. The Hall–Kier alpha value is -0.374. The van der Waals surface area contributed by atoms with E-state index in [2.05, 4.69) is 0 Å². The zero-order valence-electron chi connectivity index (χ0n) is 11.7. The van der Waals surface area contributed by atoms with Gasteiger partial charge >= 0.3 is 35.0 Å². The second kappa shape index (κ2) is 8.68. The minimum Gasteiger partial charge on any atom is -0.477 e. The summed E-state index contributed by atoms with van der Waals surface area (Å²) in [6.07, 6.45) is 0. The molecule has 0 aliphatic rings. The van der Waals surface area contributed by atoms with Gasteiger partial charge in [0.1, 0.15) is 0 Å². The minimum atomic E-state index is -0.752. The Labute approximate surface area is 119 Å². The summed E-state index contributed by atoms with van der Waals surface area (Å²) in [5.74, 6) is -1.50. The standard InChI is InChI=1S/2C5H11NO2.Mg/c2*1-6(2,3)4-5(7)8;/h2*4H2,1-3H3;/q;;+2/p+2. The molecule has 2 N–H and O–H groups in total. The third-order valence-corrected chi connectivity index (χ3v) is 1.22. The van der Waals surface area contributed by atoms with Crippen molar-refractivity contribution in [2.75, 3.05) is 55.4 Å². The van der Waals surface area contributed by atoms with Gasteiger partial charge in [0.25, 0.3) is 0 Å². The van der Waals surface area contributed by atoms with Gasteiger partial charge in [0.2, 0.25) is 0 Å². The van der Waals surface area contributed by atoms with Crippen LogP contribution in [0.3, 0.4) is 0 Å². The van der Waals surface area contributed by atoms with Crippen molar-refractivity contribution in [2.45, 2.75) is 0 Å². The summed E-state index contributed by atoms with van der Waals surface area (Å²) in [7, 11) is 11.0. The van der Waals surface area contributed by atoms with Crippen LogP contribution in [0.5, 0.6) is 0 Å². The summed E-state index contributed by atoms with van der Waals surface area (Å²) in [4.78, 5) is 20.0. The molecule has 0 rings (SSSR count). The number of hydrogen-bond acceptors (Lipinski definition) is 2. The van der Waals surface area contributed by atoms with Crippen LogP contribution in [0.25, 0.3) is 0 Å². The van der Waals surface area contributed by atoms with E-state index in [0.717, 1.165) is 0 Å². The van der Waals surface area contributed by atoms with E-state index >= 15 is 0 Å². The zero-order chi connectivity index (χ0) is 13.6. The third-order valence-electron chi connectivity index (χ3n) is 1.22. The molecule has 6 nitrogen and oxygen atoms in total. The quantitative estimate of drug-likeness (QED) is 0.511. The predicted molar refractivity (Wildman–Crippen MR) is 66.8 cm³/mol. The molecule has 0 aromatic carbocycles. The molecule has 0 radical (unpaired) electrons. The average Bonchev–Trinajstić information content (AvgIpc) is 1.72. The van der Waals surface area contributed by atoms with E-state index in [9.17, 15) is 9.59 Å². The van der Waals surface area contributed by atoms with Crippen LogP contribution in [0.2, 0.25) is 0 Å². The molecular weight excluding hydrogens is 236 g/mol. The number of aliphatic carboxylic acids is 2. The van der Waals surface area contributed by atoms with Gasteiger partial charge in [-0.15, -0.1) is 0 Å². The molecule has 0 aromatic heterocycles. The third kappa shape index (κ3) is 31.3. The van der Waals surface area contributed by atoms with Crippen molar-refractivity contribution in [3.05, 3.63) is 0 Å². The molecule has 0 heterocycles. The monoisotopic (exact) mass is 260 g/mol. The van der Waals surface area contributed by atoms with Crippen molar-refractivity contribution in [2.24, 2.45) is 0 Å². The molecule has 0 aliphatic heterocycles. The maximum Gasteiger partial charge on any atom is 2.00 e. The van der Waals surface area contributed by atoms with Crippen molar-refractivity contribution < 1.29 is 28.8 Å². The average molecular weight is 261 g/mol. The van der Waals surface area contributed by atoms with E-state index in [1.165, 1.54) is 0 Å². The first-order chi connectivity index (χ1) is 6.83. The first-order valence-corrected chi connectivity index (χ1v) is 4.88. The Balaban J connectivity index is -0.000000218. The number of nitrogens with zero attached hydrogens (tertiary/aromatic N) is 2. The van der Waals surface area contributed by atoms with Crippen molar-refractivity contribution in [1.29, 1.82) is 0 Å². The number of carboxylic acids is 2. The molecular formula is C10H24MgN2O4+4. The molecule has 96 valence electrons. The van der Waals surface area contributed by atoms with Crippen molar-refractivity contribution in [3.8, 4) is 0 Å². The molecule has 0 saturated heterocycles. The van der Waals surface area contributed by atoms with Gasteiger partial charge in [-0.05, 0) is 0 Å². The van der Waals surface area contributed by atoms with E-state index in [1.54, 1.807) is 0 Å². The Bertz CT molecular complexity index is 218. The number of rotatable bonds is 4. The number of carbonyl (C=O) groups is 2. The normalized spacial score (nSPS) is 10.7. The molecule has 0 aromatic rings. The van der Waals surface area contributed by atoms with Crippen LogP contribution in [0.1, 0.15) is 0 Å². The van der Waals surface area contributed by atoms with E-state index in [-0.39, 0.29) is 36.1 Å². The Morgan fingerprint density at radius 1 is 0.765 bits per heavy atom. The topological polar surface area (TPSA) is 74.6 Å². The first kappa shape index (κ1) is 21.9. The number of likely N-dealkylation sites (N-methyl/N-ethyl adjacent to an activating group) is 2. The van der Waals surface area contributed by atoms with Crippen LogP contribution in [0, 0.1) is 0 Å². The molecule has 7 heteroatoms. The molecule has 0 saturated carbocycles. The zero-order valence-corrected chi connectivity index (χ0v) is 13.1.